The molecule has 2 N–H and O–H groups in total. The summed E-state index contributed by atoms with van der Waals surface area (Å²) in [6.45, 7) is 2.19. The van der Waals surface area contributed by atoms with Crippen molar-refractivity contribution < 1.29 is 28.5 Å². The Morgan fingerprint density at radius 2 is 1.97 bits per heavy atom. The molecule has 1 spiro atoms. The zero-order chi connectivity index (χ0) is 24.9. The number of H-pyrrole nitrogens is 1. The molecule has 2 unspecified atom stereocenters. The number of hydrogen-bond acceptors (Lipinski definition) is 8. The van der Waals surface area contributed by atoms with Crippen LogP contribution in [0.25, 0.3) is 11.0 Å². The number of nitrogens with zero attached hydrogens (tertiary/aromatic N) is 1. The van der Waals surface area contributed by atoms with E-state index in [0.717, 1.165) is 22.5 Å². The molecule has 0 saturated carbocycles. The first-order chi connectivity index (χ1) is 16.8. The summed E-state index contributed by atoms with van der Waals surface area (Å²) < 4.78 is 21.9. The van der Waals surface area contributed by atoms with Crippen LogP contribution in [0.5, 0.6) is 17.2 Å². The van der Waals surface area contributed by atoms with Crippen LogP contribution in [0.15, 0.2) is 36.0 Å². The number of ketones is 2. The average molecular weight is 498 g/mol. The molecule has 1 aliphatic heterocycles. The third-order valence-corrected chi connectivity index (χ3v) is 6.78. The van der Waals surface area contributed by atoms with Crippen LogP contribution in [0.3, 0.4) is 0 Å². The normalized spacial score (nSPS) is 21.2. The highest BCUT2D eigenvalue weighted by atomic mass is 35.5. The number of carbonyl (C=O) groups is 2. The quantitative estimate of drug-likeness (QED) is 0.485. The smallest absolute Gasteiger partial charge is 0.236 e. The van der Waals surface area contributed by atoms with Gasteiger partial charge in [-0.15, -0.1) is 0 Å². The lowest BCUT2D eigenvalue weighted by Crippen LogP contribution is -2.55. The van der Waals surface area contributed by atoms with E-state index in [1.807, 2.05) is 25.1 Å². The number of hydrogen-bond donors (Lipinski definition) is 2. The van der Waals surface area contributed by atoms with Gasteiger partial charge in [0.25, 0.3) is 0 Å². The number of methoxy groups -OCH3 is 3. The topological polar surface area (TPSA) is 112 Å². The number of aromatic nitrogens is 2. The zero-order valence-electron chi connectivity index (χ0n) is 19.7. The molecule has 0 radical (unpaired) electrons. The number of fused-ring (bicyclic) bond motifs is 2. The second-order valence-electron chi connectivity index (χ2n) is 8.58. The fraction of sp³-hybridized carbons (Fsp3) is 0.320. The van der Waals surface area contributed by atoms with Gasteiger partial charge >= 0.3 is 0 Å². The van der Waals surface area contributed by atoms with Gasteiger partial charge in [-0.3, -0.25) is 9.59 Å². The van der Waals surface area contributed by atoms with Gasteiger partial charge in [0.05, 0.1) is 25.3 Å². The molecule has 2 aliphatic rings. The summed E-state index contributed by atoms with van der Waals surface area (Å²) >= 11 is 6.44. The van der Waals surface area contributed by atoms with Crippen molar-refractivity contribution in [3.63, 3.8) is 0 Å². The summed E-state index contributed by atoms with van der Waals surface area (Å²) in [4.78, 5) is 34.7. The molecule has 5 rings (SSSR count). The van der Waals surface area contributed by atoms with Crippen LogP contribution in [-0.2, 0) is 16.1 Å². The number of carbonyl (C=O) groups excluding carboxylic acids is 2. The molecule has 10 heteroatoms. The third-order valence-electron chi connectivity index (χ3n) is 6.43. The summed E-state index contributed by atoms with van der Waals surface area (Å²) in [5.41, 5.74) is 1.55. The van der Waals surface area contributed by atoms with Gasteiger partial charge in [-0.05, 0) is 24.6 Å². The predicted molar refractivity (Wildman–Crippen MR) is 130 cm³/mol. The molecule has 0 bridgehead atoms. The highest BCUT2D eigenvalue weighted by molar-refractivity contribution is 6.36. The van der Waals surface area contributed by atoms with Crippen molar-refractivity contribution in [3.05, 3.63) is 52.4 Å². The maximum atomic E-state index is 13.6. The van der Waals surface area contributed by atoms with Crippen molar-refractivity contribution in [2.75, 3.05) is 26.6 Å². The van der Waals surface area contributed by atoms with Gasteiger partial charge in [0.15, 0.2) is 5.75 Å². The van der Waals surface area contributed by atoms with Gasteiger partial charge in [0.1, 0.15) is 34.5 Å². The summed E-state index contributed by atoms with van der Waals surface area (Å²) in [5.74, 6) is -0.0222. The van der Waals surface area contributed by atoms with Crippen molar-refractivity contribution in [1.29, 1.82) is 0 Å². The SMILES string of the molecule is COCc1nc2ccc(NC3=CC(=O)C4(Oc5c(Cl)c(OC)cc(OC)c5C4=O)C(C)C3)cc2[nH]1. The van der Waals surface area contributed by atoms with Crippen molar-refractivity contribution in [2.24, 2.45) is 5.92 Å². The molecular weight excluding hydrogens is 474 g/mol. The van der Waals surface area contributed by atoms with E-state index in [9.17, 15) is 9.59 Å². The zero-order valence-corrected chi connectivity index (χ0v) is 20.4. The van der Waals surface area contributed by atoms with E-state index in [-0.39, 0.29) is 22.1 Å². The van der Waals surface area contributed by atoms with Crippen LogP contribution in [0, 0.1) is 5.92 Å². The fourth-order valence-electron chi connectivity index (χ4n) is 4.75. The first kappa shape index (κ1) is 23.2. The number of aromatic amines is 1. The van der Waals surface area contributed by atoms with E-state index >= 15 is 0 Å². The standard InChI is InChI=1S/C25H24ClN3O6/c1-12-7-14(27-13-5-6-15-16(8-13)29-20(28-15)11-32-2)9-19(30)25(12)24(31)21-17(33-3)10-18(34-4)22(26)23(21)35-25/h5-6,8-10,12,27H,7,11H2,1-4H3,(H,28,29). The van der Waals surface area contributed by atoms with Gasteiger partial charge in [0, 0.05) is 36.6 Å². The van der Waals surface area contributed by atoms with Crippen LogP contribution in [0.1, 0.15) is 29.5 Å². The first-order valence-corrected chi connectivity index (χ1v) is 11.4. The Morgan fingerprint density at radius 1 is 1.20 bits per heavy atom. The number of rotatable bonds is 6. The molecule has 2 aromatic carbocycles. The lowest BCUT2D eigenvalue weighted by molar-refractivity contribution is -0.129. The number of Topliss-reactive ketones (excluding diaryl/α,β-unsaturated/α-hetero) is 1. The van der Waals surface area contributed by atoms with Crippen LogP contribution < -0.4 is 19.5 Å². The number of allylic oxidation sites excluding steroid dienone is 1. The van der Waals surface area contributed by atoms with Crippen LogP contribution >= 0.6 is 11.6 Å². The second kappa shape index (κ2) is 8.58. The molecule has 3 aromatic rings. The number of benzene rings is 2. The molecule has 35 heavy (non-hydrogen) atoms. The molecule has 0 saturated heterocycles. The molecular formula is C25H24ClN3O6. The minimum atomic E-state index is -1.71. The summed E-state index contributed by atoms with van der Waals surface area (Å²) in [5, 5.41) is 3.42. The second-order valence-corrected chi connectivity index (χ2v) is 8.96. The first-order valence-electron chi connectivity index (χ1n) is 11.0. The Bertz CT molecular complexity index is 1400. The maximum absolute atomic E-state index is 13.6. The highest BCUT2D eigenvalue weighted by Gasteiger charge is 2.60. The third kappa shape index (κ3) is 3.54. The average Bonchev–Trinajstić information content (AvgIpc) is 3.37. The summed E-state index contributed by atoms with van der Waals surface area (Å²) in [6.07, 6.45) is 1.83. The molecule has 1 aromatic heterocycles. The Morgan fingerprint density at radius 3 is 2.66 bits per heavy atom. The minimum Gasteiger partial charge on any atom is -0.496 e. The lowest BCUT2D eigenvalue weighted by Gasteiger charge is -2.35. The molecule has 182 valence electrons. The van der Waals surface area contributed by atoms with E-state index in [0.29, 0.717) is 24.5 Å². The number of nitrogens with one attached hydrogen (secondary N) is 2. The van der Waals surface area contributed by atoms with E-state index in [1.165, 1.54) is 26.4 Å². The summed E-state index contributed by atoms with van der Waals surface area (Å²) in [6, 6.07) is 7.19. The number of ether oxygens (including phenoxy) is 4. The van der Waals surface area contributed by atoms with Crippen molar-refractivity contribution in [3.8, 4) is 17.2 Å². The van der Waals surface area contributed by atoms with Crippen LogP contribution in [0.2, 0.25) is 5.02 Å². The Hall–Kier alpha value is -3.56. The van der Waals surface area contributed by atoms with Crippen molar-refractivity contribution >= 4 is 39.9 Å². The van der Waals surface area contributed by atoms with Crippen LogP contribution in [0.4, 0.5) is 5.69 Å². The number of anilines is 1. The molecule has 2 atom stereocenters. The van der Waals surface area contributed by atoms with Crippen molar-refractivity contribution in [2.45, 2.75) is 25.6 Å². The lowest BCUT2D eigenvalue weighted by atomic mass is 9.74. The molecule has 0 amide bonds. The van der Waals surface area contributed by atoms with Gasteiger partial charge in [-0.2, -0.15) is 0 Å². The van der Waals surface area contributed by atoms with E-state index < -0.39 is 23.1 Å². The number of halogens is 1. The van der Waals surface area contributed by atoms with E-state index in [1.54, 1.807) is 7.11 Å². The van der Waals surface area contributed by atoms with Gasteiger partial charge in [-0.25, -0.2) is 4.98 Å². The Kier molecular flexibility index (Phi) is 5.69. The summed E-state index contributed by atoms with van der Waals surface area (Å²) in [7, 11) is 4.50. The largest absolute Gasteiger partial charge is 0.496 e. The molecule has 2 heterocycles. The van der Waals surface area contributed by atoms with E-state index in [4.69, 9.17) is 30.5 Å². The molecule has 9 nitrogen and oxygen atoms in total. The van der Waals surface area contributed by atoms with Gasteiger partial charge < -0.3 is 29.2 Å². The number of imidazole rings is 1. The highest BCUT2D eigenvalue weighted by Crippen LogP contribution is 2.53. The van der Waals surface area contributed by atoms with Gasteiger partial charge in [0.2, 0.25) is 17.2 Å². The van der Waals surface area contributed by atoms with E-state index in [2.05, 4.69) is 15.3 Å². The fourth-order valence-corrected chi connectivity index (χ4v) is 5.01. The maximum Gasteiger partial charge on any atom is 0.236 e. The Balaban J connectivity index is 1.46. The molecule has 0 fully saturated rings. The monoisotopic (exact) mass is 497 g/mol. The van der Waals surface area contributed by atoms with Crippen molar-refractivity contribution in [1.82, 2.24) is 9.97 Å². The van der Waals surface area contributed by atoms with Gasteiger partial charge in [-0.1, -0.05) is 18.5 Å². The van der Waals surface area contributed by atoms with Crippen LogP contribution in [-0.4, -0.2) is 48.5 Å². The Labute approximate surface area is 206 Å². The predicted octanol–water partition coefficient (Wildman–Crippen LogP) is 4.30. The minimum absolute atomic E-state index is 0.106. The molecule has 1 aliphatic carbocycles.